The summed E-state index contributed by atoms with van der Waals surface area (Å²) in [4.78, 5) is 30.6. The number of hydrogen-bond donors (Lipinski definition) is 1. The van der Waals surface area contributed by atoms with E-state index in [1.807, 2.05) is 35.8 Å². The van der Waals surface area contributed by atoms with Gasteiger partial charge in [-0.25, -0.2) is 0 Å². The first-order chi connectivity index (χ1) is 11.1. The lowest BCUT2D eigenvalue weighted by molar-refractivity contribution is -0.140. The molecule has 1 aromatic rings. The van der Waals surface area contributed by atoms with E-state index in [0.717, 1.165) is 9.75 Å². The van der Waals surface area contributed by atoms with E-state index in [1.165, 1.54) is 11.3 Å². The first-order valence-corrected chi connectivity index (χ1v) is 8.87. The molecule has 1 N–H and O–H groups in total. The topological polar surface area (TPSA) is 61.9 Å². The molecule has 0 bridgehead atoms. The minimum absolute atomic E-state index is 0.0719. The standard InChI is InChI=1S/C16H23N3O3S/c1-11-3-4-13(23-11)15(20)18-6-8-19(9-7-18)16(21)14-12(2)22-10-5-17-14/h3-4,12,14,17H,5-10H2,1-2H3/t12-,14+/m1/s1. The fraction of sp³-hybridized carbons (Fsp3) is 0.625. The highest BCUT2D eigenvalue weighted by molar-refractivity contribution is 7.13. The summed E-state index contributed by atoms with van der Waals surface area (Å²) in [6.07, 6.45) is -0.106. The number of rotatable bonds is 2. The molecule has 3 rings (SSSR count). The molecule has 0 saturated carbocycles. The molecule has 23 heavy (non-hydrogen) atoms. The zero-order valence-corrected chi connectivity index (χ0v) is 14.4. The van der Waals surface area contributed by atoms with Crippen molar-refractivity contribution >= 4 is 23.2 Å². The molecule has 2 aliphatic rings. The number of carbonyl (C=O) groups is 2. The third-order valence-electron chi connectivity index (χ3n) is 4.41. The van der Waals surface area contributed by atoms with Crippen LogP contribution in [-0.2, 0) is 9.53 Å². The molecule has 0 radical (unpaired) electrons. The van der Waals surface area contributed by atoms with Gasteiger partial charge in [0.2, 0.25) is 5.91 Å². The second-order valence-electron chi connectivity index (χ2n) is 6.04. The highest BCUT2D eigenvalue weighted by Crippen LogP contribution is 2.18. The van der Waals surface area contributed by atoms with Crippen molar-refractivity contribution in [3.63, 3.8) is 0 Å². The van der Waals surface area contributed by atoms with Gasteiger partial charge in [0, 0.05) is 37.6 Å². The molecule has 2 aliphatic heterocycles. The number of amides is 2. The maximum atomic E-state index is 12.6. The van der Waals surface area contributed by atoms with Gasteiger partial charge in [-0.3, -0.25) is 9.59 Å². The summed E-state index contributed by atoms with van der Waals surface area (Å²) in [6.45, 7) is 7.61. The van der Waals surface area contributed by atoms with E-state index in [9.17, 15) is 9.59 Å². The van der Waals surface area contributed by atoms with E-state index in [0.29, 0.717) is 39.3 Å². The van der Waals surface area contributed by atoms with Gasteiger partial charge in [0.05, 0.1) is 17.6 Å². The van der Waals surface area contributed by atoms with Crippen LogP contribution in [0, 0.1) is 6.92 Å². The highest BCUT2D eigenvalue weighted by Gasteiger charge is 2.34. The van der Waals surface area contributed by atoms with Crippen LogP contribution in [0.5, 0.6) is 0 Å². The van der Waals surface area contributed by atoms with E-state index in [2.05, 4.69) is 5.32 Å². The molecule has 2 saturated heterocycles. The molecule has 1 aromatic heterocycles. The van der Waals surface area contributed by atoms with E-state index < -0.39 is 0 Å². The minimum Gasteiger partial charge on any atom is -0.375 e. The number of nitrogens with one attached hydrogen (secondary N) is 1. The van der Waals surface area contributed by atoms with Gasteiger partial charge in [-0.2, -0.15) is 0 Å². The predicted molar refractivity (Wildman–Crippen MR) is 88.7 cm³/mol. The molecule has 3 heterocycles. The zero-order valence-electron chi connectivity index (χ0n) is 13.6. The Hall–Kier alpha value is -1.44. The van der Waals surface area contributed by atoms with Gasteiger partial charge in [-0.1, -0.05) is 0 Å². The van der Waals surface area contributed by atoms with Gasteiger partial charge < -0.3 is 19.9 Å². The summed E-state index contributed by atoms with van der Waals surface area (Å²) in [7, 11) is 0. The zero-order chi connectivity index (χ0) is 16.4. The smallest absolute Gasteiger partial charge is 0.264 e. The first kappa shape index (κ1) is 16.4. The number of morpholine rings is 1. The van der Waals surface area contributed by atoms with Crippen LogP contribution >= 0.6 is 11.3 Å². The molecule has 2 atom stereocenters. The Morgan fingerprint density at radius 2 is 1.91 bits per heavy atom. The Morgan fingerprint density at radius 3 is 2.52 bits per heavy atom. The summed E-state index contributed by atoms with van der Waals surface area (Å²) in [6, 6.07) is 3.57. The normalized spacial score (nSPS) is 25.5. The van der Waals surface area contributed by atoms with Crippen molar-refractivity contribution in [1.82, 2.24) is 15.1 Å². The Bertz CT molecular complexity index is 581. The Morgan fingerprint density at radius 1 is 1.22 bits per heavy atom. The van der Waals surface area contributed by atoms with Gasteiger partial charge in [-0.15, -0.1) is 11.3 Å². The SMILES string of the molecule is Cc1ccc(C(=O)N2CCN(C(=O)[C@H]3NCCO[C@@H]3C)CC2)s1. The number of carbonyl (C=O) groups excluding carboxylic acids is 2. The average Bonchev–Trinajstić information content (AvgIpc) is 3.01. The van der Waals surface area contributed by atoms with Crippen molar-refractivity contribution in [3.8, 4) is 0 Å². The van der Waals surface area contributed by atoms with E-state index >= 15 is 0 Å². The van der Waals surface area contributed by atoms with Crippen LogP contribution in [0.25, 0.3) is 0 Å². The van der Waals surface area contributed by atoms with Crippen molar-refractivity contribution < 1.29 is 14.3 Å². The number of aryl methyl sites for hydroxylation is 1. The molecule has 0 spiro atoms. The Labute approximate surface area is 140 Å². The molecular formula is C16H23N3O3S. The molecule has 7 heteroatoms. The molecule has 0 aromatic carbocycles. The van der Waals surface area contributed by atoms with Crippen LogP contribution in [0.1, 0.15) is 21.5 Å². The summed E-state index contributed by atoms with van der Waals surface area (Å²) in [5.74, 6) is 0.152. The van der Waals surface area contributed by atoms with Crippen LogP contribution < -0.4 is 5.32 Å². The van der Waals surface area contributed by atoms with E-state index in [-0.39, 0.29) is 24.0 Å². The number of thiophene rings is 1. The molecule has 126 valence electrons. The van der Waals surface area contributed by atoms with Gasteiger partial charge >= 0.3 is 0 Å². The number of ether oxygens (including phenoxy) is 1. The second-order valence-corrected chi connectivity index (χ2v) is 7.32. The molecule has 6 nitrogen and oxygen atoms in total. The van der Waals surface area contributed by atoms with Gasteiger partial charge in [0.1, 0.15) is 6.04 Å². The highest BCUT2D eigenvalue weighted by atomic mass is 32.1. The van der Waals surface area contributed by atoms with Gasteiger partial charge in [-0.05, 0) is 26.0 Å². The molecule has 0 unspecified atom stereocenters. The second kappa shape index (κ2) is 6.98. The summed E-state index contributed by atoms with van der Waals surface area (Å²) >= 11 is 1.52. The largest absolute Gasteiger partial charge is 0.375 e. The maximum Gasteiger partial charge on any atom is 0.264 e. The summed E-state index contributed by atoms with van der Waals surface area (Å²) in [5.41, 5.74) is 0. The lowest BCUT2D eigenvalue weighted by Crippen LogP contribution is -2.60. The Balaban J connectivity index is 1.55. The summed E-state index contributed by atoms with van der Waals surface area (Å²) in [5, 5.41) is 3.23. The van der Waals surface area contributed by atoms with Crippen LogP contribution in [-0.4, -0.2) is 73.1 Å². The van der Waals surface area contributed by atoms with Crippen molar-refractivity contribution in [2.75, 3.05) is 39.3 Å². The number of piperazine rings is 1. The maximum absolute atomic E-state index is 12.6. The molecule has 0 aliphatic carbocycles. The number of nitrogens with zero attached hydrogens (tertiary/aromatic N) is 2. The first-order valence-electron chi connectivity index (χ1n) is 8.06. The molecule has 2 fully saturated rings. The van der Waals surface area contributed by atoms with Crippen molar-refractivity contribution in [3.05, 3.63) is 21.9 Å². The number of hydrogen-bond acceptors (Lipinski definition) is 5. The van der Waals surface area contributed by atoms with Crippen molar-refractivity contribution in [1.29, 1.82) is 0 Å². The monoisotopic (exact) mass is 337 g/mol. The fourth-order valence-electron chi connectivity index (χ4n) is 3.04. The summed E-state index contributed by atoms with van der Waals surface area (Å²) < 4.78 is 5.55. The van der Waals surface area contributed by atoms with Crippen molar-refractivity contribution in [2.45, 2.75) is 26.0 Å². The van der Waals surface area contributed by atoms with Crippen LogP contribution in [0.2, 0.25) is 0 Å². The quantitative estimate of drug-likeness (QED) is 0.864. The van der Waals surface area contributed by atoms with E-state index in [1.54, 1.807) is 0 Å². The third-order valence-corrected chi connectivity index (χ3v) is 5.40. The average molecular weight is 337 g/mol. The van der Waals surface area contributed by atoms with Gasteiger partial charge in [0.25, 0.3) is 5.91 Å². The van der Waals surface area contributed by atoms with Crippen LogP contribution in [0.15, 0.2) is 12.1 Å². The lowest BCUT2D eigenvalue weighted by Gasteiger charge is -2.38. The molecular weight excluding hydrogens is 314 g/mol. The van der Waals surface area contributed by atoms with Crippen LogP contribution in [0.3, 0.4) is 0 Å². The predicted octanol–water partition coefficient (Wildman–Crippen LogP) is 0.718. The minimum atomic E-state index is -0.272. The van der Waals surface area contributed by atoms with Crippen molar-refractivity contribution in [2.24, 2.45) is 0 Å². The van der Waals surface area contributed by atoms with E-state index in [4.69, 9.17) is 4.74 Å². The molecule has 2 amide bonds. The van der Waals surface area contributed by atoms with Crippen LogP contribution in [0.4, 0.5) is 0 Å². The van der Waals surface area contributed by atoms with Gasteiger partial charge in [0.15, 0.2) is 0 Å². The lowest BCUT2D eigenvalue weighted by atomic mass is 10.1. The Kier molecular flexibility index (Phi) is 4.99. The third kappa shape index (κ3) is 3.57. The fourth-order valence-corrected chi connectivity index (χ4v) is 3.88.